The van der Waals surface area contributed by atoms with Gasteiger partial charge < -0.3 is 49.6 Å². The van der Waals surface area contributed by atoms with Gasteiger partial charge in [0.15, 0.2) is 23.6 Å². The number of nitro groups is 1. The molecule has 2 aromatic carbocycles. The molecule has 3 aliphatic carbocycles. The zero-order chi connectivity index (χ0) is 47.5. The quantitative estimate of drug-likeness (QED) is 0.0752. The average molecular weight is 894 g/mol. The molecule has 1 aliphatic heterocycles. The number of hydrogen-bond donors (Lipinski definition) is 5. The third-order valence-corrected chi connectivity index (χ3v) is 13.3. The molecule has 6 rings (SSSR count). The van der Waals surface area contributed by atoms with Crippen molar-refractivity contribution in [3.05, 3.63) is 87.0 Å². The van der Waals surface area contributed by atoms with E-state index < -0.39 is 123 Å². The summed E-state index contributed by atoms with van der Waals surface area (Å²) in [6, 6.07) is 9.40. The van der Waals surface area contributed by atoms with Crippen molar-refractivity contribution in [1.29, 1.82) is 0 Å². The summed E-state index contributed by atoms with van der Waals surface area (Å²) in [4.78, 5) is 94.1. The van der Waals surface area contributed by atoms with Gasteiger partial charge in [0.1, 0.15) is 17.8 Å². The zero-order valence-corrected chi connectivity index (χ0v) is 37.0. The Kier molecular flexibility index (Phi) is 12.7. The van der Waals surface area contributed by atoms with E-state index >= 15 is 4.79 Å². The summed E-state index contributed by atoms with van der Waals surface area (Å²) in [7, 11) is 0. The van der Waals surface area contributed by atoms with E-state index in [9.17, 15) is 49.4 Å². The maximum Gasteiger partial charge on any atom is 0.408 e. The highest BCUT2D eigenvalue weighted by atomic mass is 16.6. The maximum atomic E-state index is 15.5. The van der Waals surface area contributed by atoms with E-state index in [0.29, 0.717) is 5.56 Å². The monoisotopic (exact) mass is 893 g/mol. The lowest BCUT2D eigenvalue weighted by molar-refractivity contribution is -0.384. The maximum absolute atomic E-state index is 15.5. The zero-order valence-electron chi connectivity index (χ0n) is 37.0. The number of esters is 3. The predicted octanol–water partition coefficient (Wildman–Crippen LogP) is 3.31. The number of fused-ring (bicyclic) bond motifs is 5. The number of amides is 2. The van der Waals surface area contributed by atoms with Gasteiger partial charge in [0.05, 0.1) is 40.7 Å². The van der Waals surface area contributed by atoms with Gasteiger partial charge in [0.25, 0.3) is 11.6 Å². The Morgan fingerprint density at radius 3 is 2.12 bits per heavy atom. The van der Waals surface area contributed by atoms with Crippen LogP contribution < -0.4 is 10.6 Å². The summed E-state index contributed by atoms with van der Waals surface area (Å²) >= 11 is 0. The van der Waals surface area contributed by atoms with Gasteiger partial charge >= 0.3 is 24.0 Å². The largest absolute Gasteiger partial charge is 0.456 e. The second-order valence-electron chi connectivity index (χ2n) is 18.7. The number of aliphatic hydroxyl groups excluding tert-OH is 2. The number of carbonyl (C=O) groups excluding carboxylic acids is 6. The van der Waals surface area contributed by atoms with Crippen LogP contribution in [-0.4, -0.2) is 116 Å². The minimum Gasteiger partial charge on any atom is -0.456 e. The first-order valence-corrected chi connectivity index (χ1v) is 20.8. The van der Waals surface area contributed by atoms with E-state index in [1.54, 1.807) is 51.1 Å². The van der Waals surface area contributed by atoms with Crippen LogP contribution in [0.5, 0.6) is 0 Å². The van der Waals surface area contributed by atoms with E-state index in [1.807, 2.05) is 0 Å². The van der Waals surface area contributed by atoms with Gasteiger partial charge in [-0.3, -0.25) is 29.3 Å². The standard InChI is InChI=1S/C45H55N3O16/c1-22-28(62-39(55)33(52)32(25-13-11-10-12-14-25)46-40(56)64-41(4,5)6)20-45(57)36(47-38(54)26-15-17-27(18-16-26)48(58)59)35-43(9,29(51)19-30-44(35,21-60-30)63-24(3)50)37(53)34(61-23(2)49)31(22)42(45,7)8/h10-18,28-30,32-36,51-52,57H,19-21H2,1-9H3,(H,46,56)(H,47,54)/t28-,29-,30+,32-,33-,34+,35?,36-,43+,44-,45+/m0/s1. The lowest BCUT2D eigenvalue weighted by atomic mass is 9.44. The minimum absolute atomic E-state index is 0.0461. The summed E-state index contributed by atoms with van der Waals surface area (Å²) in [6.07, 6.45) is -9.99. The Bertz CT molecular complexity index is 2260. The second-order valence-corrected chi connectivity index (χ2v) is 18.7. The molecule has 19 nitrogen and oxygen atoms in total. The van der Waals surface area contributed by atoms with Crippen LogP contribution in [0.3, 0.4) is 0 Å². The summed E-state index contributed by atoms with van der Waals surface area (Å²) in [6.45, 7) is 12.6. The van der Waals surface area contributed by atoms with Gasteiger partial charge in [-0.1, -0.05) is 44.2 Å². The number of benzene rings is 2. The molecule has 0 radical (unpaired) electrons. The molecule has 4 aliphatic rings. The molecule has 2 amide bonds. The molecular weight excluding hydrogens is 838 g/mol. The highest BCUT2D eigenvalue weighted by Crippen LogP contribution is 2.63. The molecule has 64 heavy (non-hydrogen) atoms. The summed E-state index contributed by atoms with van der Waals surface area (Å²) in [5.74, 6) is -6.41. The molecular formula is C45H55N3O16. The topological polar surface area (TPSA) is 276 Å². The van der Waals surface area contributed by atoms with Crippen molar-refractivity contribution < 1.29 is 72.7 Å². The van der Waals surface area contributed by atoms with Gasteiger partial charge in [-0.25, -0.2) is 9.59 Å². The molecule has 2 saturated carbocycles. The fourth-order valence-electron chi connectivity index (χ4n) is 10.1. The van der Waals surface area contributed by atoms with Crippen LogP contribution in [0.15, 0.2) is 65.7 Å². The smallest absolute Gasteiger partial charge is 0.408 e. The highest BCUT2D eigenvalue weighted by Gasteiger charge is 2.77. The molecule has 1 saturated heterocycles. The van der Waals surface area contributed by atoms with E-state index in [-0.39, 0.29) is 35.4 Å². The number of hydrogen-bond acceptors (Lipinski definition) is 16. The predicted molar refractivity (Wildman–Crippen MR) is 222 cm³/mol. The Labute approximate surface area is 368 Å². The number of ketones is 1. The summed E-state index contributed by atoms with van der Waals surface area (Å²) < 4.78 is 29.2. The van der Waals surface area contributed by atoms with Crippen molar-refractivity contribution in [3.63, 3.8) is 0 Å². The van der Waals surface area contributed by atoms with Gasteiger partial charge in [-0.2, -0.15) is 0 Å². The first kappa shape index (κ1) is 47.7. The number of Topliss-reactive ketones (excluding diaryl/α,β-unsaturated/α-hetero) is 1. The van der Waals surface area contributed by atoms with Crippen LogP contribution in [-0.2, 0) is 42.9 Å². The Hall–Kier alpha value is -5.76. The fourth-order valence-corrected chi connectivity index (χ4v) is 10.1. The van der Waals surface area contributed by atoms with Crippen molar-refractivity contribution in [2.75, 3.05) is 6.61 Å². The first-order valence-electron chi connectivity index (χ1n) is 20.8. The first-order chi connectivity index (χ1) is 29.7. The summed E-state index contributed by atoms with van der Waals surface area (Å²) in [5.41, 5.74) is -9.03. The molecule has 19 heteroatoms. The van der Waals surface area contributed by atoms with Crippen LogP contribution in [0.2, 0.25) is 0 Å². The number of rotatable bonds is 10. The normalized spacial score (nSPS) is 31.5. The fraction of sp³-hybridized carbons (Fsp3) is 0.556. The number of non-ortho nitro benzene ring substituents is 1. The number of nitrogens with one attached hydrogen (secondary N) is 2. The molecule has 11 atom stereocenters. The second kappa shape index (κ2) is 17.0. The van der Waals surface area contributed by atoms with E-state index in [0.717, 1.165) is 26.0 Å². The molecule has 0 aromatic heterocycles. The lowest BCUT2D eigenvalue weighted by Gasteiger charge is -2.68. The van der Waals surface area contributed by atoms with Crippen LogP contribution in [0.4, 0.5) is 10.5 Å². The molecule has 0 spiro atoms. The molecule has 1 heterocycles. The molecule has 1 unspecified atom stereocenters. The van der Waals surface area contributed by atoms with Crippen LogP contribution in [0.1, 0.15) is 97.1 Å². The van der Waals surface area contributed by atoms with Crippen molar-refractivity contribution >= 4 is 41.4 Å². The number of nitrogens with zero attached hydrogens (tertiary/aromatic N) is 1. The van der Waals surface area contributed by atoms with Gasteiger partial charge in [-0.05, 0) is 63.5 Å². The molecule has 5 N–H and O–H groups in total. The Morgan fingerprint density at radius 2 is 1.59 bits per heavy atom. The van der Waals surface area contributed by atoms with Crippen molar-refractivity contribution in [2.45, 2.75) is 135 Å². The molecule has 2 aromatic rings. The Balaban J connectivity index is 1.54. The van der Waals surface area contributed by atoms with Crippen molar-refractivity contribution in [1.82, 2.24) is 10.6 Å². The molecule has 3 fully saturated rings. The van der Waals surface area contributed by atoms with E-state index in [2.05, 4.69) is 10.6 Å². The average Bonchev–Trinajstić information content (AvgIpc) is 3.20. The van der Waals surface area contributed by atoms with Crippen LogP contribution in [0, 0.1) is 26.9 Å². The Morgan fingerprint density at radius 1 is 0.969 bits per heavy atom. The van der Waals surface area contributed by atoms with Crippen LogP contribution >= 0.6 is 0 Å². The van der Waals surface area contributed by atoms with Crippen molar-refractivity contribution in [3.8, 4) is 0 Å². The van der Waals surface area contributed by atoms with Crippen LogP contribution in [0.25, 0.3) is 0 Å². The van der Waals surface area contributed by atoms with Crippen molar-refractivity contribution in [2.24, 2.45) is 16.7 Å². The minimum atomic E-state index is -2.41. The number of alkyl carbamates (subject to hydrolysis) is 1. The molecule has 2 bridgehead atoms. The number of carbonyl (C=O) groups is 6. The number of nitro benzene ring substituents is 1. The SMILES string of the molecule is CC(=O)O[C@H]1C(=O)[C@@]2(C)C([C@H](NC(=O)c3ccc([N+](=O)[O-])cc3)[C@]3(O)C[C@H](OC(=O)[C@@H](O)[C@@H](NC(=O)OC(C)(C)C)c4ccccc4)C(C)=C1C3(C)C)[C@]1(OC(C)=O)CO[C@@H]1C[C@@H]2O. The van der Waals surface area contributed by atoms with Gasteiger partial charge in [0, 0.05) is 55.7 Å². The number of aliphatic hydroxyl groups is 3. The van der Waals surface area contributed by atoms with Gasteiger partial charge in [-0.15, -0.1) is 0 Å². The van der Waals surface area contributed by atoms with Gasteiger partial charge in [0.2, 0.25) is 0 Å². The third-order valence-electron chi connectivity index (χ3n) is 13.3. The summed E-state index contributed by atoms with van der Waals surface area (Å²) in [5, 5.41) is 54.4. The lowest BCUT2D eigenvalue weighted by Crippen LogP contribution is -2.83. The van der Waals surface area contributed by atoms with E-state index in [4.69, 9.17) is 23.7 Å². The third kappa shape index (κ3) is 8.25. The van der Waals surface area contributed by atoms with E-state index in [1.165, 1.54) is 39.8 Å². The number of ether oxygens (including phenoxy) is 5. The highest BCUT2D eigenvalue weighted by molar-refractivity contribution is 5.97. The molecule has 346 valence electrons.